The van der Waals surface area contributed by atoms with Crippen LogP contribution in [0.15, 0.2) is 60.7 Å². The first kappa shape index (κ1) is 16.2. The van der Waals surface area contributed by atoms with Crippen molar-refractivity contribution in [2.24, 2.45) is 0 Å². The molecule has 0 aliphatic carbocycles. The average molecular weight is 345 g/mol. The van der Waals surface area contributed by atoms with Crippen molar-refractivity contribution in [3.05, 3.63) is 71.9 Å². The van der Waals surface area contributed by atoms with Crippen LogP contribution in [-0.2, 0) is 4.74 Å². The molecule has 0 amide bonds. The van der Waals surface area contributed by atoms with E-state index in [4.69, 9.17) is 4.74 Å². The van der Waals surface area contributed by atoms with E-state index in [9.17, 15) is 9.90 Å². The van der Waals surface area contributed by atoms with Gasteiger partial charge in [-0.3, -0.25) is 0 Å². The number of rotatable bonds is 3. The number of benzene rings is 3. The molecule has 0 saturated heterocycles. The first-order valence-corrected chi connectivity index (χ1v) is 8.61. The number of phenols is 1. The topological polar surface area (TPSA) is 51.5 Å². The zero-order valence-corrected chi connectivity index (χ0v) is 14.7. The summed E-state index contributed by atoms with van der Waals surface area (Å²) in [4.78, 5) is 12.6. The van der Waals surface area contributed by atoms with Gasteiger partial charge in [0.25, 0.3) is 0 Å². The lowest BCUT2D eigenvalue weighted by molar-refractivity contribution is 0.0527. The molecule has 4 heteroatoms. The molecule has 1 N–H and O–H groups in total. The number of esters is 1. The molecule has 0 saturated carbocycles. The van der Waals surface area contributed by atoms with Crippen LogP contribution in [0.25, 0.3) is 27.4 Å². The van der Waals surface area contributed by atoms with E-state index in [0.717, 1.165) is 27.7 Å². The molecule has 4 aromatic rings. The third-order valence-corrected chi connectivity index (χ3v) is 4.67. The highest BCUT2D eigenvalue weighted by Gasteiger charge is 2.22. The minimum Gasteiger partial charge on any atom is -0.508 e. The van der Waals surface area contributed by atoms with E-state index in [1.807, 2.05) is 37.3 Å². The third-order valence-electron chi connectivity index (χ3n) is 4.67. The van der Waals surface area contributed by atoms with Crippen molar-refractivity contribution >= 4 is 27.6 Å². The molecule has 0 unspecified atom stereocenters. The largest absolute Gasteiger partial charge is 0.508 e. The lowest BCUT2D eigenvalue weighted by atomic mass is 10.1. The van der Waals surface area contributed by atoms with Crippen LogP contribution >= 0.6 is 0 Å². The molecule has 0 fully saturated rings. The van der Waals surface area contributed by atoms with E-state index in [0.29, 0.717) is 17.6 Å². The lowest BCUT2D eigenvalue weighted by Crippen LogP contribution is -2.07. The summed E-state index contributed by atoms with van der Waals surface area (Å²) in [6, 6.07) is 19.4. The molecule has 4 rings (SSSR count). The molecule has 0 radical (unpaired) electrons. The van der Waals surface area contributed by atoms with Gasteiger partial charge in [0.1, 0.15) is 5.75 Å². The standard InChI is InChI=1S/C22H19NO3/c1-3-26-22(25)21-14(2)23(20-12-11-16(24)13-18(20)21)19-10-6-8-15-7-4-5-9-17(15)19/h4-13,24H,3H2,1-2H3. The maximum atomic E-state index is 12.6. The summed E-state index contributed by atoms with van der Waals surface area (Å²) in [5.41, 5.74) is 3.14. The van der Waals surface area contributed by atoms with Crippen molar-refractivity contribution in [1.29, 1.82) is 0 Å². The summed E-state index contributed by atoms with van der Waals surface area (Å²) in [6.45, 7) is 4.00. The third kappa shape index (κ3) is 2.42. The van der Waals surface area contributed by atoms with E-state index in [1.54, 1.807) is 19.1 Å². The van der Waals surface area contributed by atoms with Gasteiger partial charge >= 0.3 is 5.97 Å². The minimum atomic E-state index is -0.375. The van der Waals surface area contributed by atoms with Crippen molar-refractivity contribution < 1.29 is 14.6 Å². The quantitative estimate of drug-likeness (QED) is 0.533. The highest BCUT2D eigenvalue weighted by atomic mass is 16.5. The average Bonchev–Trinajstić information content (AvgIpc) is 2.92. The van der Waals surface area contributed by atoms with Gasteiger partial charge in [0.15, 0.2) is 0 Å². The van der Waals surface area contributed by atoms with Crippen LogP contribution in [0.4, 0.5) is 0 Å². The Morgan fingerprint density at radius 1 is 1.04 bits per heavy atom. The molecule has 26 heavy (non-hydrogen) atoms. The molecule has 1 aromatic heterocycles. The molecular formula is C22H19NO3. The van der Waals surface area contributed by atoms with Gasteiger partial charge in [-0.05, 0) is 43.5 Å². The van der Waals surface area contributed by atoms with Gasteiger partial charge in [0.2, 0.25) is 0 Å². The summed E-state index contributed by atoms with van der Waals surface area (Å²) in [5, 5.41) is 12.9. The van der Waals surface area contributed by atoms with Crippen molar-refractivity contribution in [3.63, 3.8) is 0 Å². The fourth-order valence-corrected chi connectivity index (χ4v) is 3.58. The monoisotopic (exact) mass is 345 g/mol. The minimum absolute atomic E-state index is 0.123. The predicted octanol–water partition coefficient (Wildman–Crippen LogP) is 4.97. The number of nitrogens with zero attached hydrogens (tertiary/aromatic N) is 1. The number of ether oxygens (including phenoxy) is 1. The summed E-state index contributed by atoms with van der Waals surface area (Å²) < 4.78 is 7.32. The number of hydrogen-bond donors (Lipinski definition) is 1. The molecule has 1 heterocycles. The number of carbonyl (C=O) groups is 1. The van der Waals surface area contributed by atoms with E-state index in [1.165, 1.54) is 0 Å². The first-order valence-electron chi connectivity index (χ1n) is 8.61. The van der Waals surface area contributed by atoms with Crippen LogP contribution in [0.3, 0.4) is 0 Å². The Morgan fingerprint density at radius 3 is 2.62 bits per heavy atom. The number of aromatic nitrogens is 1. The molecule has 0 aliphatic heterocycles. The fourth-order valence-electron chi connectivity index (χ4n) is 3.58. The number of fused-ring (bicyclic) bond motifs is 2. The van der Waals surface area contributed by atoms with E-state index < -0.39 is 0 Å². The predicted molar refractivity (Wildman–Crippen MR) is 103 cm³/mol. The van der Waals surface area contributed by atoms with Crippen molar-refractivity contribution in [2.75, 3.05) is 6.61 Å². The van der Waals surface area contributed by atoms with Crippen molar-refractivity contribution in [3.8, 4) is 11.4 Å². The van der Waals surface area contributed by atoms with Gasteiger partial charge in [0.05, 0.1) is 23.4 Å². The Hall–Kier alpha value is -3.27. The van der Waals surface area contributed by atoms with Crippen LogP contribution < -0.4 is 0 Å². The van der Waals surface area contributed by atoms with E-state index in [2.05, 4.69) is 22.8 Å². The van der Waals surface area contributed by atoms with Gasteiger partial charge in [-0.25, -0.2) is 4.79 Å². The summed E-state index contributed by atoms with van der Waals surface area (Å²) in [6.07, 6.45) is 0. The van der Waals surface area contributed by atoms with E-state index in [-0.39, 0.29) is 11.7 Å². The summed E-state index contributed by atoms with van der Waals surface area (Å²) in [5.74, 6) is -0.252. The van der Waals surface area contributed by atoms with Crippen LogP contribution in [0.1, 0.15) is 23.0 Å². The second kappa shape index (κ2) is 6.23. The second-order valence-corrected chi connectivity index (χ2v) is 6.22. The molecule has 3 aromatic carbocycles. The molecule has 4 nitrogen and oxygen atoms in total. The Labute approximate surface area is 151 Å². The molecule has 130 valence electrons. The Balaban J connectivity index is 2.10. The van der Waals surface area contributed by atoms with Gasteiger partial charge in [-0.1, -0.05) is 36.4 Å². The molecular weight excluding hydrogens is 326 g/mol. The maximum absolute atomic E-state index is 12.6. The Bertz CT molecular complexity index is 1140. The normalized spacial score (nSPS) is 11.2. The zero-order valence-electron chi connectivity index (χ0n) is 14.7. The summed E-state index contributed by atoms with van der Waals surface area (Å²) >= 11 is 0. The first-order chi connectivity index (χ1) is 12.6. The van der Waals surface area contributed by atoms with Crippen LogP contribution in [0.2, 0.25) is 0 Å². The van der Waals surface area contributed by atoms with Gasteiger partial charge in [-0.2, -0.15) is 0 Å². The van der Waals surface area contributed by atoms with Crippen molar-refractivity contribution in [2.45, 2.75) is 13.8 Å². The van der Waals surface area contributed by atoms with Crippen LogP contribution in [-0.4, -0.2) is 22.2 Å². The maximum Gasteiger partial charge on any atom is 0.340 e. The van der Waals surface area contributed by atoms with Crippen LogP contribution in [0, 0.1) is 6.92 Å². The molecule has 0 atom stereocenters. The second-order valence-electron chi connectivity index (χ2n) is 6.22. The van der Waals surface area contributed by atoms with E-state index >= 15 is 0 Å². The fraction of sp³-hybridized carbons (Fsp3) is 0.136. The number of carbonyl (C=O) groups excluding carboxylic acids is 1. The smallest absolute Gasteiger partial charge is 0.340 e. The Morgan fingerprint density at radius 2 is 1.81 bits per heavy atom. The number of hydrogen-bond acceptors (Lipinski definition) is 3. The zero-order chi connectivity index (χ0) is 18.3. The lowest BCUT2D eigenvalue weighted by Gasteiger charge is -2.12. The number of phenolic OH excluding ortho intramolecular Hbond substituents is 1. The van der Waals surface area contributed by atoms with Gasteiger partial charge in [0, 0.05) is 16.5 Å². The SMILES string of the molecule is CCOC(=O)c1c(C)n(-c2cccc3ccccc23)c2ccc(O)cc12. The number of aromatic hydroxyl groups is 1. The van der Waals surface area contributed by atoms with Crippen LogP contribution in [0.5, 0.6) is 5.75 Å². The highest BCUT2D eigenvalue weighted by Crippen LogP contribution is 2.34. The molecule has 0 bridgehead atoms. The van der Waals surface area contributed by atoms with Gasteiger partial charge < -0.3 is 14.4 Å². The van der Waals surface area contributed by atoms with Gasteiger partial charge in [-0.15, -0.1) is 0 Å². The molecule has 0 aliphatic rings. The van der Waals surface area contributed by atoms with Crippen molar-refractivity contribution in [1.82, 2.24) is 4.57 Å². The Kier molecular flexibility index (Phi) is 3.88. The highest BCUT2D eigenvalue weighted by molar-refractivity contribution is 6.07. The summed E-state index contributed by atoms with van der Waals surface area (Å²) in [7, 11) is 0. The molecule has 0 spiro atoms.